The van der Waals surface area contributed by atoms with E-state index in [4.69, 9.17) is 10.2 Å². The first-order valence-corrected chi connectivity index (χ1v) is 4.23. The fraction of sp³-hybridized carbons (Fsp3) is 0.750. The van der Waals surface area contributed by atoms with E-state index in [1.54, 1.807) is 6.92 Å². The quantitative estimate of drug-likeness (QED) is 0.568. The summed E-state index contributed by atoms with van der Waals surface area (Å²) in [5.74, 6) is -2.79. The lowest BCUT2D eigenvalue weighted by molar-refractivity contribution is -0.145. The van der Waals surface area contributed by atoms with Crippen LogP contribution in [0.25, 0.3) is 0 Å². The summed E-state index contributed by atoms with van der Waals surface area (Å²) in [6, 6.07) is -0.703. The zero-order valence-electron chi connectivity index (χ0n) is 7.36. The number of carbonyl (C=O) groups is 2. The molecule has 0 amide bonds. The fourth-order valence-electron chi connectivity index (χ4n) is 1.72. The van der Waals surface area contributed by atoms with E-state index in [0.29, 0.717) is 13.0 Å². The molecule has 1 saturated heterocycles. The zero-order chi connectivity index (χ0) is 10.0. The van der Waals surface area contributed by atoms with Crippen LogP contribution in [-0.4, -0.2) is 34.7 Å². The van der Waals surface area contributed by atoms with Gasteiger partial charge in [0.15, 0.2) is 0 Å². The molecule has 0 spiro atoms. The Morgan fingerprint density at radius 3 is 2.54 bits per heavy atom. The second kappa shape index (κ2) is 3.74. The highest BCUT2D eigenvalue weighted by Crippen LogP contribution is 2.24. The van der Waals surface area contributed by atoms with Crippen LogP contribution < -0.4 is 5.32 Å². The number of hydrogen-bond donors (Lipinski definition) is 3. The Morgan fingerprint density at radius 1 is 1.46 bits per heavy atom. The molecule has 3 atom stereocenters. The van der Waals surface area contributed by atoms with Crippen LogP contribution in [0.15, 0.2) is 0 Å². The van der Waals surface area contributed by atoms with Gasteiger partial charge in [0.25, 0.3) is 0 Å². The van der Waals surface area contributed by atoms with Gasteiger partial charge in [0.05, 0.1) is 5.92 Å². The average Bonchev–Trinajstić information content (AvgIpc) is 2.50. The molecule has 74 valence electrons. The molecule has 1 aliphatic heterocycles. The molecule has 0 aromatic carbocycles. The van der Waals surface area contributed by atoms with Crippen LogP contribution in [0, 0.1) is 11.8 Å². The summed E-state index contributed by atoms with van der Waals surface area (Å²) in [4.78, 5) is 21.3. The summed E-state index contributed by atoms with van der Waals surface area (Å²) in [7, 11) is 0. The monoisotopic (exact) mass is 187 g/mol. The van der Waals surface area contributed by atoms with Gasteiger partial charge in [-0.3, -0.25) is 9.59 Å². The highest BCUT2D eigenvalue weighted by molar-refractivity contribution is 5.77. The highest BCUT2D eigenvalue weighted by atomic mass is 16.4. The fourth-order valence-corrected chi connectivity index (χ4v) is 1.72. The molecule has 0 aromatic rings. The van der Waals surface area contributed by atoms with Gasteiger partial charge in [0.1, 0.15) is 6.04 Å². The summed E-state index contributed by atoms with van der Waals surface area (Å²) in [6.45, 7) is 2.13. The van der Waals surface area contributed by atoms with Crippen LogP contribution in [0.3, 0.4) is 0 Å². The molecule has 0 bridgehead atoms. The Bertz CT molecular complexity index is 228. The molecule has 5 nitrogen and oxygen atoms in total. The Morgan fingerprint density at radius 2 is 2.08 bits per heavy atom. The largest absolute Gasteiger partial charge is 0.481 e. The molecular formula is C8H13NO4. The molecule has 0 aliphatic carbocycles. The normalized spacial score (nSPS) is 29.9. The maximum Gasteiger partial charge on any atom is 0.321 e. The summed E-state index contributed by atoms with van der Waals surface area (Å²) < 4.78 is 0. The summed E-state index contributed by atoms with van der Waals surface area (Å²) in [6.07, 6.45) is 0.616. The van der Waals surface area contributed by atoms with Crippen LogP contribution in [0.2, 0.25) is 0 Å². The van der Waals surface area contributed by atoms with Gasteiger partial charge in [-0.2, -0.15) is 0 Å². The van der Waals surface area contributed by atoms with Crippen molar-refractivity contribution in [3.05, 3.63) is 0 Å². The van der Waals surface area contributed by atoms with E-state index in [0.717, 1.165) is 0 Å². The van der Waals surface area contributed by atoms with E-state index >= 15 is 0 Å². The van der Waals surface area contributed by atoms with Gasteiger partial charge >= 0.3 is 11.9 Å². The third kappa shape index (κ3) is 1.98. The van der Waals surface area contributed by atoms with Crippen molar-refractivity contribution in [2.24, 2.45) is 11.8 Å². The molecule has 0 radical (unpaired) electrons. The van der Waals surface area contributed by atoms with Crippen molar-refractivity contribution in [3.8, 4) is 0 Å². The van der Waals surface area contributed by atoms with Crippen LogP contribution in [-0.2, 0) is 9.59 Å². The minimum atomic E-state index is -0.962. The third-order valence-electron chi connectivity index (χ3n) is 2.57. The van der Waals surface area contributed by atoms with Crippen molar-refractivity contribution in [2.75, 3.05) is 6.54 Å². The summed E-state index contributed by atoms with van der Waals surface area (Å²) >= 11 is 0. The molecule has 0 aromatic heterocycles. The molecule has 13 heavy (non-hydrogen) atoms. The first-order chi connectivity index (χ1) is 6.04. The predicted molar refractivity (Wildman–Crippen MR) is 44.3 cm³/mol. The Labute approximate surface area is 75.7 Å². The topological polar surface area (TPSA) is 86.6 Å². The van der Waals surface area contributed by atoms with Crippen molar-refractivity contribution >= 4 is 11.9 Å². The number of carboxylic acid groups (broad SMARTS) is 2. The van der Waals surface area contributed by atoms with Crippen LogP contribution >= 0.6 is 0 Å². The molecule has 0 saturated carbocycles. The first-order valence-electron chi connectivity index (χ1n) is 4.23. The predicted octanol–water partition coefficient (Wildman–Crippen LogP) is -0.230. The summed E-state index contributed by atoms with van der Waals surface area (Å²) in [5, 5.41) is 20.3. The number of hydrogen-bond acceptors (Lipinski definition) is 3. The SMILES string of the molecule is C[C@H](C(=O)O)C1CCN[C@@H]1C(=O)O. The zero-order valence-corrected chi connectivity index (χ0v) is 7.36. The Balaban J connectivity index is 2.68. The standard InChI is InChI=1S/C8H13NO4/c1-4(7(10)11)5-2-3-9-6(5)8(12)13/h4-6,9H,2-3H2,1H3,(H,10,11)(H,12,13)/t4-,5?,6-/m0/s1. The van der Waals surface area contributed by atoms with E-state index in [-0.39, 0.29) is 5.92 Å². The van der Waals surface area contributed by atoms with Crippen molar-refractivity contribution in [2.45, 2.75) is 19.4 Å². The Hall–Kier alpha value is -1.10. The molecule has 1 heterocycles. The minimum absolute atomic E-state index is 0.296. The van der Waals surface area contributed by atoms with Crippen molar-refractivity contribution < 1.29 is 19.8 Å². The number of rotatable bonds is 3. The van der Waals surface area contributed by atoms with E-state index in [1.165, 1.54) is 0 Å². The van der Waals surface area contributed by atoms with Gasteiger partial charge in [-0.05, 0) is 18.9 Å². The van der Waals surface area contributed by atoms with Crippen LogP contribution in [0.4, 0.5) is 0 Å². The van der Waals surface area contributed by atoms with Gasteiger partial charge in [0.2, 0.25) is 0 Å². The van der Waals surface area contributed by atoms with Gasteiger partial charge in [-0.15, -0.1) is 0 Å². The molecule has 3 N–H and O–H groups in total. The Kier molecular flexibility index (Phi) is 2.87. The van der Waals surface area contributed by atoms with Crippen molar-refractivity contribution in [3.63, 3.8) is 0 Å². The second-order valence-electron chi connectivity index (χ2n) is 3.35. The van der Waals surface area contributed by atoms with E-state index in [2.05, 4.69) is 5.32 Å². The second-order valence-corrected chi connectivity index (χ2v) is 3.35. The number of carboxylic acids is 2. The van der Waals surface area contributed by atoms with Gasteiger partial charge in [-0.1, -0.05) is 6.92 Å². The smallest absolute Gasteiger partial charge is 0.321 e. The lowest BCUT2D eigenvalue weighted by atomic mass is 9.87. The molecule has 1 unspecified atom stereocenters. The minimum Gasteiger partial charge on any atom is -0.481 e. The molecule has 5 heteroatoms. The lowest BCUT2D eigenvalue weighted by Crippen LogP contribution is -2.39. The van der Waals surface area contributed by atoms with Crippen LogP contribution in [0.1, 0.15) is 13.3 Å². The van der Waals surface area contributed by atoms with E-state index in [1.807, 2.05) is 0 Å². The van der Waals surface area contributed by atoms with Gasteiger partial charge in [-0.25, -0.2) is 0 Å². The molecule has 1 rings (SSSR count). The summed E-state index contributed by atoms with van der Waals surface area (Å²) in [5.41, 5.74) is 0. The van der Waals surface area contributed by atoms with Crippen molar-refractivity contribution in [1.82, 2.24) is 5.32 Å². The maximum atomic E-state index is 10.7. The third-order valence-corrected chi connectivity index (χ3v) is 2.57. The molecule has 1 fully saturated rings. The number of nitrogens with one attached hydrogen (secondary N) is 1. The van der Waals surface area contributed by atoms with Crippen LogP contribution in [0.5, 0.6) is 0 Å². The van der Waals surface area contributed by atoms with Gasteiger partial charge in [0, 0.05) is 0 Å². The lowest BCUT2D eigenvalue weighted by Gasteiger charge is -2.18. The first kappa shape index (κ1) is 9.98. The molecular weight excluding hydrogens is 174 g/mol. The molecule has 1 aliphatic rings. The highest BCUT2D eigenvalue weighted by Gasteiger charge is 2.38. The van der Waals surface area contributed by atoms with E-state index in [9.17, 15) is 9.59 Å². The maximum absolute atomic E-state index is 10.7. The number of aliphatic carboxylic acids is 2. The average molecular weight is 187 g/mol. The van der Waals surface area contributed by atoms with E-state index < -0.39 is 23.9 Å². The van der Waals surface area contributed by atoms with Crippen molar-refractivity contribution in [1.29, 1.82) is 0 Å². The van der Waals surface area contributed by atoms with Gasteiger partial charge < -0.3 is 15.5 Å².